The van der Waals surface area contributed by atoms with Crippen LogP contribution in [-0.4, -0.2) is 35.5 Å². The van der Waals surface area contributed by atoms with Gasteiger partial charge in [0.15, 0.2) is 0 Å². The monoisotopic (exact) mass is 356 g/mol. The molecule has 0 fully saturated rings. The zero-order valence-corrected chi connectivity index (χ0v) is 15.3. The van der Waals surface area contributed by atoms with Crippen LogP contribution in [0.25, 0.3) is 0 Å². The standard InChI is InChI=1S/C19H24N4O3/c1-4-5-6-10-20-17(24)16-11-13(2)21-19(23-16)22-15-9-7-8-14(12-15)18(25)26-3/h7-9,11-12H,4-6,10H2,1-3H3,(H,20,24)(H,21,22,23). The van der Waals surface area contributed by atoms with E-state index in [9.17, 15) is 9.59 Å². The van der Waals surface area contributed by atoms with Gasteiger partial charge in [-0.3, -0.25) is 4.79 Å². The maximum atomic E-state index is 12.3. The average molecular weight is 356 g/mol. The van der Waals surface area contributed by atoms with Crippen LogP contribution in [0.15, 0.2) is 30.3 Å². The lowest BCUT2D eigenvalue weighted by atomic mass is 10.2. The van der Waals surface area contributed by atoms with Crippen molar-refractivity contribution < 1.29 is 14.3 Å². The molecule has 7 heteroatoms. The number of benzene rings is 1. The molecule has 138 valence electrons. The number of aromatic nitrogens is 2. The molecule has 7 nitrogen and oxygen atoms in total. The van der Waals surface area contributed by atoms with Crippen LogP contribution in [0, 0.1) is 6.92 Å². The van der Waals surface area contributed by atoms with Gasteiger partial charge in [0, 0.05) is 17.9 Å². The SMILES string of the molecule is CCCCCNC(=O)c1cc(C)nc(Nc2cccc(C(=O)OC)c2)n1. The van der Waals surface area contributed by atoms with Crippen molar-refractivity contribution in [1.82, 2.24) is 15.3 Å². The van der Waals surface area contributed by atoms with Crippen molar-refractivity contribution in [2.45, 2.75) is 33.1 Å². The van der Waals surface area contributed by atoms with Crippen LogP contribution >= 0.6 is 0 Å². The van der Waals surface area contributed by atoms with E-state index in [4.69, 9.17) is 4.74 Å². The number of amides is 1. The third-order valence-corrected chi connectivity index (χ3v) is 3.69. The third kappa shape index (κ3) is 5.54. The zero-order valence-electron chi connectivity index (χ0n) is 15.3. The summed E-state index contributed by atoms with van der Waals surface area (Å²) in [7, 11) is 1.33. The molecule has 1 amide bonds. The van der Waals surface area contributed by atoms with E-state index in [1.165, 1.54) is 7.11 Å². The Labute approximate surface area is 153 Å². The van der Waals surface area contributed by atoms with Gasteiger partial charge in [-0.1, -0.05) is 25.8 Å². The highest BCUT2D eigenvalue weighted by Crippen LogP contribution is 2.16. The molecule has 0 radical (unpaired) electrons. The van der Waals surface area contributed by atoms with Gasteiger partial charge >= 0.3 is 5.97 Å². The third-order valence-electron chi connectivity index (χ3n) is 3.69. The molecule has 0 saturated heterocycles. The summed E-state index contributed by atoms with van der Waals surface area (Å²) in [5.41, 5.74) is 2.03. The second-order valence-corrected chi connectivity index (χ2v) is 5.88. The van der Waals surface area contributed by atoms with E-state index in [2.05, 4.69) is 27.5 Å². The van der Waals surface area contributed by atoms with E-state index in [0.717, 1.165) is 19.3 Å². The van der Waals surface area contributed by atoms with Crippen LogP contribution in [0.5, 0.6) is 0 Å². The number of hydrogen-bond donors (Lipinski definition) is 2. The highest BCUT2D eigenvalue weighted by molar-refractivity contribution is 5.93. The summed E-state index contributed by atoms with van der Waals surface area (Å²) >= 11 is 0. The van der Waals surface area contributed by atoms with Crippen molar-refractivity contribution in [2.75, 3.05) is 19.0 Å². The molecule has 2 rings (SSSR count). The molecular formula is C19H24N4O3. The number of carbonyl (C=O) groups excluding carboxylic acids is 2. The van der Waals surface area contributed by atoms with Gasteiger partial charge in [-0.2, -0.15) is 0 Å². The van der Waals surface area contributed by atoms with Crippen LogP contribution in [0.2, 0.25) is 0 Å². The maximum Gasteiger partial charge on any atom is 0.337 e. The number of esters is 1. The number of ether oxygens (including phenoxy) is 1. The van der Waals surface area contributed by atoms with Crippen molar-refractivity contribution in [1.29, 1.82) is 0 Å². The van der Waals surface area contributed by atoms with Gasteiger partial charge in [-0.25, -0.2) is 14.8 Å². The van der Waals surface area contributed by atoms with Crippen LogP contribution in [0.4, 0.5) is 11.6 Å². The van der Waals surface area contributed by atoms with Gasteiger partial charge in [-0.15, -0.1) is 0 Å². The molecular weight excluding hydrogens is 332 g/mol. The van der Waals surface area contributed by atoms with Crippen LogP contribution in [-0.2, 0) is 4.74 Å². The first-order valence-corrected chi connectivity index (χ1v) is 8.62. The smallest absolute Gasteiger partial charge is 0.337 e. The Bertz CT molecular complexity index is 777. The minimum atomic E-state index is -0.425. The largest absolute Gasteiger partial charge is 0.465 e. The predicted molar refractivity (Wildman–Crippen MR) is 99.7 cm³/mol. The lowest BCUT2D eigenvalue weighted by Gasteiger charge is -2.09. The zero-order chi connectivity index (χ0) is 18.9. The van der Waals surface area contributed by atoms with Gasteiger partial charge in [0.25, 0.3) is 5.91 Å². The molecule has 1 aromatic carbocycles. The predicted octanol–water partition coefficient (Wildman–Crippen LogP) is 3.24. The number of nitrogens with zero attached hydrogens (tertiary/aromatic N) is 2. The number of anilines is 2. The van der Waals surface area contributed by atoms with Gasteiger partial charge in [0.1, 0.15) is 5.69 Å². The fourth-order valence-corrected chi connectivity index (χ4v) is 2.38. The Morgan fingerprint density at radius 1 is 1.15 bits per heavy atom. The maximum absolute atomic E-state index is 12.3. The van der Waals surface area contributed by atoms with Crippen molar-refractivity contribution >= 4 is 23.5 Å². The Kier molecular flexibility index (Phi) is 7.08. The molecule has 0 aliphatic carbocycles. The van der Waals surface area contributed by atoms with Crippen molar-refractivity contribution in [2.24, 2.45) is 0 Å². The normalized spacial score (nSPS) is 10.3. The average Bonchev–Trinajstić information content (AvgIpc) is 2.64. The second kappa shape index (κ2) is 9.50. The molecule has 1 aromatic heterocycles. The van der Waals surface area contributed by atoms with Gasteiger partial charge in [0.2, 0.25) is 5.95 Å². The van der Waals surface area contributed by atoms with Crippen LogP contribution < -0.4 is 10.6 Å². The second-order valence-electron chi connectivity index (χ2n) is 5.88. The van der Waals surface area contributed by atoms with Gasteiger partial charge in [-0.05, 0) is 37.6 Å². The fourth-order valence-electron chi connectivity index (χ4n) is 2.38. The van der Waals surface area contributed by atoms with Crippen molar-refractivity contribution in [3.63, 3.8) is 0 Å². The van der Waals surface area contributed by atoms with Crippen molar-refractivity contribution in [3.05, 3.63) is 47.3 Å². The molecule has 0 spiro atoms. The molecule has 0 unspecified atom stereocenters. The number of hydrogen-bond acceptors (Lipinski definition) is 6. The summed E-state index contributed by atoms with van der Waals surface area (Å²) in [5.74, 6) is -0.352. The Hall–Kier alpha value is -2.96. The van der Waals surface area contributed by atoms with Crippen LogP contribution in [0.3, 0.4) is 0 Å². The number of unbranched alkanes of at least 4 members (excludes halogenated alkanes) is 2. The number of rotatable bonds is 8. The van der Waals surface area contributed by atoms with E-state index < -0.39 is 5.97 Å². The fraction of sp³-hybridized carbons (Fsp3) is 0.368. The first kappa shape index (κ1) is 19.4. The first-order chi connectivity index (χ1) is 12.5. The van der Waals surface area contributed by atoms with E-state index in [0.29, 0.717) is 35.1 Å². The van der Waals surface area contributed by atoms with E-state index in [-0.39, 0.29) is 5.91 Å². The number of aryl methyl sites for hydroxylation is 1. The summed E-state index contributed by atoms with van der Waals surface area (Å²) in [5, 5.41) is 5.89. The summed E-state index contributed by atoms with van der Waals surface area (Å²) in [6.45, 7) is 4.54. The highest BCUT2D eigenvalue weighted by atomic mass is 16.5. The number of methoxy groups -OCH3 is 1. The minimum absolute atomic E-state index is 0.224. The molecule has 0 bridgehead atoms. The molecule has 0 saturated carbocycles. The molecule has 1 heterocycles. The summed E-state index contributed by atoms with van der Waals surface area (Å²) < 4.78 is 4.72. The Morgan fingerprint density at radius 3 is 2.69 bits per heavy atom. The Balaban J connectivity index is 2.12. The minimum Gasteiger partial charge on any atom is -0.465 e. The van der Waals surface area contributed by atoms with Gasteiger partial charge in [0.05, 0.1) is 12.7 Å². The Morgan fingerprint density at radius 2 is 1.96 bits per heavy atom. The van der Waals surface area contributed by atoms with E-state index in [1.807, 2.05) is 0 Å². The van der Waals surface area contributed by atoms with E-state index >= 15 is 0 Å². The number of carbonyl (C=O) groups is 2. The van der Waals surface area contributed by atoms with E-state index in [1.54, 1.807) is 37.3 Å². The van der Waals surface area contributed by atoms with Gasteiger partial charge < -0.3 is 15.4 Å². The molecule has 2 aromatic rings. The summed E-state index contributed by atoms with van der Waals surface area (Å²) in [6.07, 6.45) is 3.12. The lowest BCUT2D eigenvalue weighted by molar-refractivity contribution is 0.0600. The topological polar surface area (TPSA) is 93.2 Å². The summed E-state index contributed by atoms with van der Waals surface area (Å²) in [6, 6.07) is 8.45. The molecule has 0 aliphatic rings. The lowest BCUT2D eigenvalue weighted by Crippen LogP contribution is -2.25. The molecule has 26 heavy (non-hydrogen) atoms. The molecule has 0 aliphatic heterocycles. The quantitative estimate of drug-likeness (QED) is 0.557. The highest BCUT2D eigenvalue weighted by Gasteiger charge is 2.11. The molecule has 2 N–H and O–H groups in total. The number of nitrogens with one attached hydrogen (secondary N) is 2. The summed E-state index contributed by atoms with van der Waals surface area (Å²) in [4.78, 5) is 32.5. The van der Waals surface area contributed by atoms with Crippen molar-refractivity contribution in [3.8, 4) is 0 Å². The molecule has 0 atom stereocenters. The first-order valence-electron chi connectivity index (χ1n) is 8.62. The van der Waals surface area contributed by atoms with Crippen LogP contribution in [0.1, 0.15) is 52.7 Å².